The summed E-state index contributed by atoms with van der Waals surface area (Å²) in [7, 11) is 3.90. The van der Waals surface area contributed by atoms with Crippen molar-refractivity contribution in [2.24, 2.45) is 11.0 Å². The molecule has 37 heavy (non-hydrogen) atoms. The quantitative estimate of drug-likeness (QED) is 0.551. The van der Waals surface area contributed by atoms with Crippen LogP contribution in [0.5, 0.6) is 5.75 Å². The highest BCUT2D eigenvalue weighted by Gasteiger charge is 2.41. The molecule has 0 bridgehead atoms. The van der Waals surface area contributed by atoms with Gasteiger partial charge in [0, 0.05) is 38.2 Å². The zero-order valence-electron chi connectivity index (χ0n) is 21.8. The topological polar surface area (TPSA) is 68.6 Å². The largest absolute Gasteiger partial charge is 0.489 e. The molecule has 3 aliphatic rings. The molecule has 2 aliphatic heterocycles. The summed E-state index contributed by atoms with van der Waals surface area (Å²) in [6.07, 6.45) is 6.52. The molecule has 2 aromatic carbocycles. The Balaban J connectivity index is 1.19. The molecule has 2 fully saturated rings. The van der Waals surface area contributed by atoms with Crippen LogP contribution < -0.4 is 9.75 Å². The average Bonchev–Trinajstić information content (AvgIpc) is 3.64. The van der Waals surface area contributed by atoms with Gasteiger partial charge in [-0.2, -0.15) is 5.10 Å². The minimum Gasteiger partial charge on any atom is -0.489 e. The lowest BCUT2D eigenvalue weighted by molar-refractivity contribution is -0.137. The molecule has 0 spiro atoms. The number of hydrazone groups is 1. The van der Waals surface area contributed by atoms with E-state index in [0.29, 0.717) is 39.0 Å². The minimum absolute atomic E-state index is 0.0672. The Morgan fingerprint density at radius 1 is 1.14 bits per heavy atom. The predicted octanol–water partition coefficient (Wildman–Crippen LogP) is 4.15. The Bertz CT molecular complexity index is 1120. The third-order valence-electron chi connectivity index (χ3n) is 7.67. The van der Waals surface area contributed by atoms with Gasteiger partial charge in [-0.25, -0.2) is 4.39 Å². The molecule has 1 saturated carbocycles. The molecule has 0 radical (unpaired) electrons. The van der Waals surface area contributed by atoms with Crippen molar-refractivity contribution in [1.82, 2.24) is 9.80 Å². The molecule has 8 heteroatoms. The third kappa shape index (κ3) is 6.13. The van der Waals surface area contributed by atoms with E-state index in [4.69, 9.17) is 4.74 Å². The molecule has 1 unspecified atom stereocenters. The second-order valence-electron chi connectivity index (χ2n) is 10.9. The Morgan fingerprint density at radius 3 is 2.49 bits per heavy atom. The van der Waals surface area contributed by atoms with E-state index in [9.17, 15) is 14.3 Å². The van der Waals surface area contributed by atoms with E-state index >= 15 is 0 Å². The standard InChI is InChI=1S/C29H37FN4O3/c1-32(2)17-18-37-27-10-7-23(19-26(27)30)21-5-8-24(9-6-21)34-25(11-14-31-34)20-29(36)12-15-33(16-13-29)28(35)22-3-4-22/h5-10,14,19,22,25,36H,3-4,11-13,15-18,20H2,1-2H3. The van der Waals surface area contributed by atoms with Gasteiger partial charge >= 0.3 is 0 Å². The molecule has 2 heterocycles. The predicted molar refractivity (Wildman–Crippen MR) is 143 cm³/mol. The number of ether oxygens (including phenoxy) is 1. The van der Waals surface area contributed by atoms with Gasteiger partial charge in [0.15, 0.2) is 11.6 Å². The molecular weight excluding hydrogens is 471 g/mol. The van der Waals surface area contributed by atoms with Crippen molar-refractivity contribution in [2.75, 3.05) is 45.3 Å². The highest BCUT2D eigenvalue weighted by Crippen LogP contribution is 2.37. The zero-order valence-corrected chi connectivity index (χ0v) is 21.8. The van der Waals surface area contributed by atoms with Crippen molar-refractivity contribution in [3.05, 3.63) is 48.3 Å². The summed E-state index contributed by atoms with van der Waals surface area (Å²) in [6.45, 7) is 2.41. The fourth-order valence-electron chi connectivity index (χ4n) is 5.21. The van der Waals surface area contributed by atoms with Gasteiger partial charge in [0.05, 0.1) is 17.3 Å². The Morgan fingerprint density at radius 2 is 1.84 bits per heavy atom. The number of likely N-dealkylation sites (tertiary alicyclic amines) is 1. The van der Waals surface area contributed by atoms with Gasteiger partial charge in [0.2, 0.25) is 5.91 Å². The van der Waals surface area contributed by atoms with Gasteiger partial charge < -0.3 is 19.6 Å². The Kier molecular flexibility index (Phi) is 7.49. The van der Waals surface area contributed by atoms with E-state index in [-0.39, 0.29) is 29.4 Å². The van der Waals surface area contributed by atoms with Crippen molar-refractivity contribution in [1.29, 1.82) is 0 Å². The number of likely N-dealkylation sites (N-methyl/N-ethyl adjacent to an activating group) is 1. The number of amides is 1. The first-order chi connectivity index (χ1) is 17.8. The fourth-order valence-corrected chi connectivity index (χ4v) is 5.21. The van der Waals surface area contributed by atoms with Crippen molar-refractivity contribution < 1.29 is 19.0 Å². The number of anilines is 1. The molecule has 1 amide bonds. The minimum atomic E-state index is -0.787. The van der Waals surface area contributed by atoms with Crippen LogP contribution in [0, 0.1) is 11.7 Å². The summed E-state index contributed by atoms with van der Waals surface area (Å²) in [6, 6.07) is 13.0. The molecule has 0 aromatic heterocycles. The number of hydrogen-bond acceptors (Lipinski definition) is 6. The maximum atomic E-state index is 14.6. The zero-order chi connectivity index (χ0) is 26.0. The summed E-state index contributed by atoms with van der Waals surface area (Å²) in [5, 5.41) is 17.9. The Hall–Kier alpha value is -2.97. The van der Waals surface area contributed by atoms with Crippen LogP contribution in [0.3, 0.4) is 0 Å². The number of aliphatic hydroxyl groups is 1. The van der Waals surface area contributed by atoms with Crippen LogP contribution in [0.15, 0.2) is 47.6 Å². The summed E-state index contributed by atoms with van der Waals surface area (Å²) >= 11 is 0. The van der Waals surface area contributed by atoms with Crippen LogP contribution in [0.1, 0.15) is 38.5 Å². The van der Waals surface area contributed by atoms with Crippen LogP contribution in [-0.2, 0) is 4.79 Å². The van der Waals surface area contributed by atoms with E-state index in [0.717, 1.165) is 42.6 Å². The van der Waals surface area contributed by atoms with E-state index in [1.165, 1.54) is 6.07 Å². The van der Waals surface area contributed by atoms with Gasteiger partial charge in [-0.1, -0.05) is 18.2 Å². The van der Waals surface area contributed by atoms with Crippen LogP contribution in [-0.4, -0.2) is 79.0 Å². The van der Waals surface area contributed by atoms with Gasteiger partial charge in [-0.05, 0) is 81.6 Å². The first-order valence-corrected chi connectivity index (χ1v) is 13.3. The lowest BCUT2D eigenvalue weighted by Gasteiger charge is -2.40. The van der Waals surface area contributed by atoms with E-state index in [1.807, 2.05) is 65.5 Å². The molecular formula is C29H37FN4O3. The van der Waals surface area contributed by atoms with Gasteiger partial charge in [-0.15, -0.1) is 0 Å². The molecule has 5 rings (SSSR count). The van der Waals surface area contributed by atoms with E-state index in [1.54, 1.807) is 6.07 Å². The van der Waals surface area contributed by atoms with E-state index < -0.39 is 5.60 Å². The van der Waals surface area contributed by atoms with Crippen molar-refractivity contribution in [3.63, 3.8) is 0 Å². The van der Waals surface area contributed by atoms with E-state index in [2.05, 4.69) is 5.10 Å². The fraction of sp³-hybridized carbons (Fsp3) is 0.517. The number of nitrogens with zero attached hydrogens (tertiary/aromatic N) is 4. The van der Waals surface area contributed by atoms with Gasteiger partial charge in [0.25, 0.3) is 0 Å². The third-order valence-corrected chi connectivity index (χ3v) is 7.67. The number of halogens is 1. The first-order valence-electron chi connectivity index (χ1n) is 13.3. The SMILES string of the molecule is CN(C)CCOc1ccc(-c2ccc(N3N=CCC3CC3(O)CCN(C(=O)C4CC4)CC3)cc2)cc1F. The average molecular weight is 509 g/mol. The van der Waals surface area contributed by atoms with Crippen LogP contribution in [0.4, 0.5) is 10.1 Å². The summed E-state index contributed by atoms with van der Waals surface area (Å²) in [4.78, 5) is 16.3. The lowest BCUT2D eigenvalue weighted by Crippen LogP contribution is -2.49. The summed E-state index contributed by atoms with van der Waals surface area (Å²) in [5.74, 6) is 0.378. The highest BCUT2D eigenvalue weighted by atomic mass is 19.1. The number of piperidine rings is 1. The Labute approximate surface area is 218 Å². The summed E-state index contributed by atoms with van der Waals surface area (Å²) in [5.41, 5.74) is 1.85. The molecule has 1 aliphatic carbocycles. The number of hydrogen-bond donors (Lipinski definition) is 1. The summed E-state index contributed by atoms with van der Waals surface area (Å²) < 4.78 is 20.2. The second-order valence-corrected chi connectivity index (χ2v) is 10.9. The van der Waals surface area contributed by atoms with Crippen molar-refractivity contribution >= 4 is 17.8 Å². The van der Waals surface area contributed by atoms with Crippen LogP contribution in [0.25, 0.3) is 11.1 Å². The number of carbonyl (C=O) groups is 1. The molecule has 1 atom stereocenters. The van der Waals surface area contributed by atoms with Crippen LogP contribution in [0.2, 0.25) is 0 Å². The van der Waals surface area contributed by atoms with Gasteiger partial charge in [0.1, 0.15) is 6.61 Å². The normalized spacial score (nSPS) is 21.1. The second kappa shape index (κ2) is 10.8. The van der Waals surface area contributed by atoms with Crippen molar-refractivity contribution in [3.8, 4) is 16.9 Å². The van der Waals surface area contributed by atoms with Crippen LogP contribution >= 0.6 is 0 Å². The lowest BCUT2D eigenvalue weighted by atomic mass is 9.84. The molecule has 1 N–H and O–H groups in total. The highest BCUT2D eigenvalue weighted by molar-refractivity contribution is 5.81. The molecule has 7 nitrogen and oxygen atoms in total. The molecule has 1 saturated heterocycles. The maximum Gasteiger partial charge on any atom is 0.225 e. The number of rotatable bonds is 9. The molecule has 198 valence electrons. The molecule has 2 aromatic rings. The van der Waals surface area contributed by atoms with Crippen molar-refractivity contribution in [2.45, 2.75) is 50.2 Å². The number of carbonyl (C=O) groups excluding carboxylic acids is 1. The smallest absolute Gasteiger partial charge is 0.225 e. The monoisotopic (exact) mass is 508 g/mol. The first kappa shape index (κ1) is 25.7. The maximum absolute atomic E-state index is 14.6. The van der Waals surface area contributed by atoms with Gasteiger partial charge in [-0.3, -0.25) is 9.80 Å². The number of benzene rings is 2.